The molecule has 1 amide bonds. The number of aromatic amines is 1. The van der Waals surface area contributed by atoms with Crippen LogP contribution in [0.25, 0.3) is 22.3 Å². The molecule has 2 aromatic heterocycles. The number of aliphatic hydroxyl groups is 1. The third kappa shape index (κ3) is 3.90. The van der Waals surface area contributed by atoms with E-state index < -0.39 is 30.3 Å². The fourth-order valence-corrected chi connectivity index (χ4v) is 2.92. The van der Waals surface area contributed by atoms with Crippen molar-refractivity contribution < 1.29 is 27.6 Å². The SMILES string of the molecule is O=C(NC(CO)c1nc(-c2ccc(C(F)(F)F)cc2)no1)c1ccc2[nH]ccc2c1. The van der Waals surface area contributed by atoms with Crippen LogP contribution in [0, 0.1) is 0 Å². The summed E-state index contributed by atoms with van der Waals surface area (Å²) in [7, 11) is 0. The van der Waals surface area contributed by atoms with Gasteiger partial charge in [0.15, 0.2) is 0 Å². The van der Waals surface area contributed by atoms with E-state index in [1.54, 1.807) is 24.4 Å². The van der Waals surface area contributed by atoms with Crippen LogP contribution in [-0.4, -0.2) is 32.7 Å². The third-order valence-corrected chi connectivity index (χ3v) is 4.51. The minimum absolute atomic E-state index is 0.0418. The van der Waals surface area contributed by atoms with Crippen LogP contribution in [0.2, 0.25) is 0 Å². The van der Waals surface area contributed by atoms with Gasteiger partial charge in [-0.05, 0) is 36.4 Å². The number of hydrogen-bond acceptors (Lipinski definition) is 5. The van der Waals surface area contributed by atoms with Crippen molar-refractivity contribution in [1.82, 2.24) is 20.4 Å². The number of hydrogen-bond donors (Lipinski definition) is 3. The molecule has 2 aromatic carbocycles. The van der Waals surface area contributed by atoms with Gasteiger partial charge in [0, 0.05) is 28.2 Å². The van der Waals surface area contributed by atoms with E-state index in [-0.39, 0.29) is 11.7 Å². The molecule has 1 atom stereocenters. The first kappa shape index (κ1) is 19.6. The minimum Gasteiger partial charge on any atom is -0.394 e. The van der Waals surface area contributed by atoms with Gasteiger partial charge in [-0.1, -0.05) is 17.3 Å². The van der Waals surface area contributed by atoms with Crippen LogP contribution in [0.4, 0.5) is 13.2 Å². The topological polar surface area (TPSA) is 104 Å². The third-order valence-electron chi connectivity index (χ3n) is 4.51. The number of nitrogens with zero attached hydrogens (tertiary/aromatic N) is 2. The van der Waals surface area contributed by atoms with E-state index >= 15 is 0 Å². The molecular formula is C20H15F3N4O3. The van der Waals surface area contributed by atoms with Gasteiger partial charge < -0.3 is 19.9 Å². The summed E-state index contributed by atoms with van der Waals surface area (Å²) >= 11 is 0. The molecule has 1 unspecified atom stereocenters. The molecule has 10 heteroatoms. The molecule has 0 bridgehead atoms. The van der Waals surface area contributed by atoms with E-state index in [9.17, 15) is 23.1 Å². The van der Waals surface area contributed by atoms with E-state index in [0.29, 0.717) is 11.1 Å². The number of amides is 1. The predicted octanol–water partition coefficient (Wildman–Crippen LogP) is 3.70. The maximum absolute atomic E-state index is 12.7. The standard InChI is InChI=1S/C20H15F3N4O3/c21-20(22,23)14-4-1-11(2-5-14)17-26-19(30-27-17)16(10-28)25-18(29)13-3-6-15-12(9-13)7-8-24-15/h1-9,16,24,28H,10H2,(H,25,29). The van der Waals surface area contributed by atoms with Crippen molar-refractivity contribution in [1.29, 1.82) is 0 Å². The Kier molecular flexibility index (Phi) is 5.00. The van der Waals surface area contributed by atoms with Crippen molar-refractivity contribution in [2.45, 2.75) is 12.2 Å². The highest BCUT2D eigenvalue weighted by Crippen LogP contribution is 2.30. The van der Waals surface area contributed by atoms with Crippen LogP contribution < -0.4 is 5.32 Å². The van der Waals surface area contributed by atoms with Gasteiger partial charge in [0.05, 0.1) is 12.2 Å². The summed E-state index contributed by atoms with van der Waals surface area (Å²) in [6.07, 6.45) is -2.69. The molecule has 0 spiro atoms. The van der Waals surface area contributed by atoms with Gasteiger partial charge in [0.25, 0.3) is 11.8 Å². The van der Waals surface area contributed by atoms with Crippen molar-refractivity contribution in [2.24, 2.45) is 0 Å². The van der Waals surface area contributed by atoms with Gasteiger partial charge in [0.1, 0.15) is 6.04 Å². The van der Waals surface area contributed by atoms with Gasteiger partial charge in [-0.15, -0.1) is 0 Å². The largest absolute Gasteiger partial charge is 0.416 e. The molecule has 3 N–H and O–H groups in total. The number of benzene rings is 2. The molecule has 0 fully saturated rings. The van der Waals surface area contributed by atoms with E-state index in [1.807, 2.05) is 6.07 Å². The second kappa shape index (κ2) is 7.64. The molecule has 2 heterocycles. The van der Waals surface area contributed by atoms with Crippen LogP contribution in [0.3, 0.4) is 0 Å². The first-order valence-corrected chi connectivity index (χ1v) is 8.85. The highest BCUT2D eigenvalue weighted by Gasteiger charge is 2.30. The number of nitrogens with one attached hydrogen (secondary N) is 2. The zero-order valence-corrected chi connectivity index (χ0v) is 15.3. The van der Waals surface area contributed by atoms with Crippen LogP contribution in [0.1, 0.15) is 27.9 Å². The lowest BCUT2D eigenvalue weighted by Gasteiger charge is -2.12. The maximum atomic E-state index is 12.7. The summed E-state index contributed by atoms with van der Waals surface area (Å²) in [5.41, 5.74) is 0.764. The number of aromatic nitrogens is 3. The molecule has 0 saturated carbocycles. The molecular weight excluding hydrogens is 401 g/mol. The molecule has 30 heavy (non-hydrogen) atoms. The average molecular weight is 416 g/mol. The van der Waals surface area contributed by atoms with Crippen molar-refractivity contribution in [2.75, 3.05) is 6.61 Å². The van der Waals surface area contributed by atoms with Crippen molar-refractivity contribution in [3.05, 3.63) is 71.7 Å². The van der Waals surface area contributed by atoms with Gasteiger partial charge in [-0.2, -0.15) is 18.2 Å². The lowest BCUT2D eigenvalue weighted by molar-refractivity contribution is -0.137. The van der Waals surface area contributed by atoms with Crippen LogP contribution in [-0.2, 0) is 6.18 Å². The van der Waals surface area contributed by atoms with Gasteiger partial charge >= 0.3 is 6.18 Å². The van der Waals surface area contributed by atoms with Crippen LogP contribution in [0.15, 0.2) is 59.3 Å². The highest BCUT2D eigenvalue weighted by molar-refractivity contribution is 5.98. The van der Waals surface area contributed by atoms with Gasteiger partial charge in [-0.25, -0.2) is 0 Å². The fraction of sp³-hybridized carbons (Fsp3) is 0.150. The van der Waals surface area contributed by atoms with Gasteiger partial charge in [0.2, 0.25) is 5.82 Å². The summed E-state index contributed by atoms with van der Waals surface area (Å²) in [5.74, 6) is -0.477. The molecule has 154 valence electrons. The number of carbonyl (C=O) groups excluding carboxylic acids is 1. The fourth-order valence-electron chi connectivity index (χ4n) is 2.92. The summed E-state index contributed by atoms with van der Waals surface area (Å²) < 4.78 is 43.2. The number of aliphatic hydroxyl groups excluding tert-OH is 1. The Hall–Kier alpha value is -3.66. The van der Waals surface area contributed by atoms with Crippen molar-refractivity contribution in [3.8, 4) is 11.4 Å². The highest BCUT2D eigenvalue weighted by atomic mass is 19.4. The molecule has 0 aliphatic rings. The van der Waals surface area contributed by atoms with Crippen molar-refractivity contribution in [3.63, 3.8) is 0 Å². The maximum Gasteiger partial charge on any atom is 0.416 e. The summed E-state index contributed by atoms with van der Waals surface area (Å²) in [6.45, 7) is -0.507. The Labute approximate surface area is 167 Å². The summed E-state index contributed by atoms with van der Waals surface area (Å²) in [4.78, 5) is 19.7. The molecule has 4 aromatic rings. The molecule has 7 nitrogen and oxygen atoms in total. The first-order chi connectivity index (χ1) is 14.3. The van der Waals surface area contributed by atoms with Crippen LogP contribution >= 0.6 is 0 Å². The number of halogens is 3. The normalized spacial score (nSPS) is 12.8. The quantitative estimate of drug-likeness (QED) is 0.460. The predicted molar refractivity (Wildman–Crippen MR) is 100 cm³/mol. The van der Waals surface area contributed by atoms with E-state index in [0.717, 1.165) is 23.0 Å². The number of rotatable bonds is 5. The summed E-state index contributed by atoms with van der Waals surface area (Å²) in [6, 6.07) is 10.2. The van der Waals surface area contributed by atoms with E-state index in [4.69, 9.17) is 4.52 Å². The first-order valence-electron chi connectivity index (χ1n) is 8.85. The second-order valence-electron chi connectivity index (χ2n) is 6.52. The number of alkyl halides is 3. The average Bonchev–Trinajstić information content (AvgIpc) is 3.40. The Bertz CT molecular complexity index is 1180. The summed E-state index contributed by atoms with van der Waals surface area (Å²) in [5, 5.41) is 16.8. The molecule has 0 saturated heterocycles. The Morgan fingerprint density at radius 3 is 2.63 bits per heavy atom. The molecule has 0 aliphatic carbocycles. The van der Waals surface area contributed by atoms with Crippen molar-refractivity contribution >= 4 is 16.8 Å². The second-order valence-corrected chi connectivity index (χ2v) is 6.52. The number of carbonyl (C=O) groups is 1. The van der Waals surface area contributed by atoms with Gasteiger partial charge in [-0.3, -0.25) is 4.79 Å². The van der Waals surface area contributed by atoms with E-state index in [2.05, 4.69) is 20.4 Å². The zero-order chi connectivity index (χ0) is 21.3. The monoisotopic (exact) mass is 416 g/mol. The Morgan fingerprint density at radius 2 is 1.93 bits per heavy atom. The Balaban J connectivity index is 1.51. The smallest absolute Gasteiger partial charge is 0.394 e. The zero-order valence-electron chi connectivity index (χ0n) is 15.3. The lowest BCUT2D eigenvalue weighted by Crippen LogP contribution is -2.31. The molecule has 0 radical (unpaired) electrons. The number of H-pyrrole nitrogens is 1. The Morgan fingerprint density at radius 1 is 1.17 bits per heavy atom. The van der Waals surface area contributed by atoms with E-state index in [1.165, 1.54) is 12.1 Å². The minimum atomic E-state index is -4.45. The van der Waals surface area contributed by atoms with Crippen LogP contribution in [0.5, 0.6) is 0 Å². The number of fused-ring (bicyclic) bond motifs is 1. The molecule has 4 rings (SSSR count). The molecule has 0 aliphatic heterocycles. The lowest BCUT2D eigenvalue weighted by atomic mass is 10.1.